The van der Waals surface area contributed by atoms with Crippen LogP contribution in [-0.4, -0.2) is 58.5 Å². The predicted molar refractivity (Wildman–Crippen MR) is 101 cm³/mol. The SMILES string of the molecule is C=CCC1C(OC2CCCCO2)CC(OC2CCCCO2)C1C(OC)OC. The zero-order valence-electron chi connectivity index (χ0n) is 16.8. The fourth-order valence-electron chi connectivity index (χ4n) is 4.70. The van der Waals surface area contributed by atoms with Crippen LogP contribution in [0.15, 0.2) is 12.7 Å². The zero-order chi connectivity index (χ0) is 19.1. The van der Waals surface area contributed by atoms with Crippen molar-refractivity contribution in [1.29, 1.82) is 0 Å². The third-order valence-electron chi connectivity index (χ3n) is 6.01. The molecule has 156 valence electrons. The molecule has 0 bridgehead atoms. The summed E-state index contributed by atoms with van der Waals surface area (Å²) in [7, 11) is 3.37. The van der Waals surface area contributed by atoms with E-state index in [0.717, 1.165) is 64.6 Å². The molecule has 6 atom stereocenters. The molecular formula is C21H36O6. The molecule has 0 radical (unpaired) electrons. The predicted octanol–water partition coefficient (Wildman–Crippen LogP) is 3.64. The maximum absolute atomic E-state index is 6.41. The van der Waals surface area contributed by atoms with Crippen LogP contribution in [0.2, 0.25) is 0 Å². The largest absolute Gasteiger partial charge is 0.356 e. The Morgan fingerprint density at radius 3 is 2.00 bits per heavy atom. The second-order valence-electron chi connectivity index (χ2n) is 7.78. The number of ether oxygens (including phenoxy) is 6. The first-order valence-electron chi connectivity index (χ1n) is 10.5. The Morgan fingerprint density at radius 2 is 1.52 bits per heavy atom. The Morgan fingerprint density at radius 1 is 0.926 bits per heavy atom. The summed E-state index contributed by atoms with van der Waals surface area (Å²) in [5.41, 5.74) is 0. The van der Waals surface area contributed by atoms with Crippen LogP contribution in [0.4, 0.5) is 0 Å². The van der Waals surface area contributed by atoms with Gasteiger partial charge in [-0.15, -0.1) is 6.58 Å². The van der Waals surface area contributed by atoms with Gasteiger partial charge in [0.1, 0.15) is 0 Å². The van der Waals surface area contributed by atoms with E-state index >= 15 is 0 Å². The third-order valence-corrected chi connectivity index (χ3v) is 6.01. The maximum Gasteiger partial charge on any atom is 0.162 e. The van der Waals surface area contributed by atoms with Gasteiger partial charge in [0, 0.05) is 39.8 Å². The molecule has 1 saturated carbocycles. The van der Waals surface area contributed by atoms with Crippen LogP contribution in [0.1, 0.15) is 51.4 Å². The highest BCUT2D eigenvalue weighted by Gasteiger charge is 2.50. The van der Waals surface area contributed by atoms with Gasteiger partial charge < -0.3 is 28.4 Å². The normalized spacial score (nSPS) is 37.6. The van der Waals surface area contributed by atoms with E-state index in [1.54, 1.807) is 14.2 Å². The average Bonchev–Trinajstić information content (AvgIpc) is 3.02. The summed E-state index contributed by atoms with van der Waals surface area (Å²) in [6, 6.07) is 0. The zero-order valence-corrected chi connectivity index (χ0v) is 16.8. The first-order valence-corrected chi connectivity index (χ1v) is 10.5. The Kier molecular flexibility index (Phi) is 8.55. The van der Waals surface area contributed by atoms with Crippen molar-refractivity contribution in [2.75, 3.05) is 27.4 Å². The molecule has 3 fully saturated rings. The lowest BCUT2D eigenvalue weighted by atomic mass is 9.89. The van der Waals surface area contributed by atoms with Crippen molar-refractivity contribution in [1.82, 2.24) is 0 Å². The molecule has 6 heteroatoms. The standard InChI is InChI=1S/C21H36O6/c1-4-9-15-16(26-18-10-5-7-12-24-18)14-17(20(15)21(22-2)23-3)27-19-11-6-8-13-25-19/h4,15-21H,1,5-14H2,2-3H3. The van der Waals surface area contributed by atoms with Gasteiger partial charge in [-0.1, -0.05) is 6.08 Å². The van der Waals surface area contributed by atoms with Crippen LogP contribution in [-0.2, 0) is 28.4 Å². The van der Waals surface area contributed by atoms with Gasteiger partial charge in [-0.25, -0.2) is 0 Å². The second-order valence-corrected chi connectivity index (χ2v) is 7.78. The van der Waals surface area contributed by atoms with Gasteiger partial charge in [0.25, 0.3) is 0 Å². The molecule has 0 spiro atoms. The van der Waals surface area contributed by atoms with Gasteiger partial charge in [-0.3, -0.25) is 0 Å². The summed E-state index contributed by atoms with van der Waals surface area (Å²) < 4.78 is 35.8. The molecule has 0 aromatic carbocycles. The van der Waals surface area contributed by atoms with Gasteiger partial charge in [0.2, 0.25) is 0 Å². The van der Waals surface area contributed by atoms with Crippen molar-refractivity contribution in [2.24, 2.45) is 11.8 Å². The molecule has 0 aromatic heterocycles. The van der Waals surface area contributed by atoms with Crippen molar-refractivity contribution >= 4 is 0 Å². The van der Waals surface area contributed by atoms with Crippen LogP contribution >= 0.6 is 0 Å². The van der Waals surface area contributed by atoms with E-state index in [0.29, 0.717) is 0 Å². The van der Waals surface area contributed by atoms with Crippen molar-refractivity contribution in [3.63, 3.8) is 0 Å². The van der Waals surface area contributed by atoms with Crippen molar-refractivity contribution in [3.05, 3.63) is 12.7 Å². The molecule has 3 rings (SSSR count). The minimum absolute atomic E-state index is 0.0310. The minimum Gasteiger partial charge on any atom is -0.356 e. The van der Waals surface area contributed by atoms with E-state index in [1.807, 2.05) is 6.08 Å². The third kappa shape index (κ3) is 5.52. The highest BCUT2D eigenvalue weighted by molar-refractivity contribution is 4.97. The summed E-state index contributed by atoms with van der Waals surface area (Å²) in [5, 5.41) is 0. The quantitative estimate of drug-likeness (QED) is 0.447. The lowest BCUT2D eigenvalue weighted by Crippen LogP contribution is -2.39. The topological polar surface area (TPSA) is 55.4 Å². The highest BCUT2D eigenvalue weighted by Crippen LogP contribution is 2.43. The summed E-state index contributed by atoms with van der Waals surface area (Å²) >= 11 is 0. The molecule has 0 aromatic rings. The molecule has 1 aliphatic carbocycles. The van der Waals surface area contributed by atoms with Crippen LogP contribution in [0.5, 0.6) is 0 Å². The fourth-order valence-corrected chi connectivity index (χ4v) is 4.70. The van der Waals surface area contributed by atoms with E-state index < -0.39 is 0 Å². The molecule has 0 amide bonds. The van der Waals surface area contributed by atoms with Crippen LogP contribution < -0.4 is 0 Å². The first kappa shape index (κ1) is 21.2. The molecule has 0 N–H and O–H groups in total. The summed E-state index contributed by atoms with van der Waals surface area (Å²) in [5.74, 6) is 0.281. The van der Waals surface area contributed by atoms with E-state index in [-0.39, 0.29) is 42.9 Å². The molecule has 27 heavy (non-hydrogen) atoms. The number of methoxy groups -OCH3 is 2. The molecule has 2 saturated heterocycles. The van der Waals surface area contributed by atoms with Crippen molar-refractivity contribution in [3.8, 4) is 0 Å². The Labute approximate surface area is 163 Å². The monoisotopic (exact) mass is 384 g/mol. The number of rotatable bonds is 9. The maximum atomic E-state index is 6.41. The summed E-state index contributed by atoms with van der Waals surface area (Å²) in [4.78, 5) is 0. The lowest BCUT2D eigenvalue weighted by Gasteiger charge is -2.34. The van der Waals surface area contributed by atoms with Gasteiger partial charge >= 0.3 is 0 Å². The molecule has 2 aliphatic heterocycles. The fraction of sp³-hybridized carbons (Fsp3) is 0.905. The smallest absolute Gasteiger partial charge is 0.162 e. The molecule has 3 aliphatic rings. The Hall–Kier alpha value is -0.500. The summed E-state index contributed by atoms with van der Waals surface area (Å²) in [6.45, 7) is 5.51. The van der Waals surface area contributed by atoms with Crippen LogP contribution in [0.25, 0.3) is 0 Å². The van der Waals surface area contributed by atoms with E-state index in [9.17, 15) is 0 Å². The lowest BCUT2D eigenvalue weighted by molar-refractivity contribution is -0.227. The Bertz CT molecular complexity index is 428. The second kappa shape index (κ2) is 10.9. The van der Waals surface area contributed by atoms with Crippen LogP contribution in [0.3, 0.4) is 0 Å². The minimum atomic E-state index is -0.343. The van der Waals surface area contributed by atoms with E-state index in [4.69, 9.17) is 28.4 Å². The van der Waals surface area contributed by atoms with Gasteiger partial charge in [-0.2, -0.15) is 0 Å². The van der Waals surface area contributed by atoms with Crippen LogP contribution in [0, 0.1) is 11.8 Å². The number of hydrogen-bond acceptors (Lipinski definition) is 6. The number of hydrogen-bond donors (Lipinski definition) is 0. The average molecular weight is 385 g/mol. The Balaban J connectivity index is 1.72. The van der Waals surface area contributed by atoms with E-state index in [2.05, 4.69) is 6.58 Å². The molecule has 2 heterocycles. The molecular weight excluding hydrogens is 348 g/mol. The van der Waals surface area contributed by atoms with Crippen molar-refractivity contribution in [2.45, 2.75) is 82.4 Å². The van der Waals surface area contributed by atoms with Gasteiger partial charge in [0.15, 0.2) is 18.9 Å². The molecule has 6 unspecified atom stereocenters. The van der Waals surface area contributed by atoms with Gasteiger partial charge in [0.05, 0.1) is 12.2 Å². The molecule has 6 nitrogen and oxygen atoms in total. The highest BCUT2D eigenvalue weighted by atomic mass is 16.7. The van der Waals surface area contributed by atoms with E-state index in [1.165, 1.54) is 0 Å². The number of allylic oxidation sites excluding steroid dienone is 1. The van der Waals surface area contributed by atoms with Gasteiger partial charge in [-0.05, 0) is 50.9 Å². The van der Waals surface area contributed by atoms with Crippen molar-refractivity contribution < 1.29 is 28.4 Å². The summed E-state index contributed by atoms with van der Waals surface area (Å²) in [6.07, 6.45) is 9.40. The first-order chi connectivity index (χ1) is 13.3.